The maximum atomic E-state index is 5.71. The van der Waals surface area contributed by atoms with Gasteiger partial charge in [0.05, 0.1) is 0 Å². The van der Waals surface area contributed by atoms with Crippen molar-refractivity contribution in [2.45, 2.75) is 26.8 Å². The minimum absolute atomic E-state index is 0.356. The van der Waals surface area contributed by atoms with Crippen molar-refractivity contribution in [3.05, 3.63) is 34.9 Å². The summed E-state index contributed by atoms with van der Waals surface area (Å²) in [5.74, 6) is 0.456. The molecule has 0 saturated heterocycles. The molecule has 2 heteroatoms. The van der Waals surface area contributed by atoms with E-state index in [-0.39, 0.29) is 0 Å². The molecule has 0 bridgehead atoms. The van der Waals surface area contributed by atoms with Crippen molar-refractivity contribution in [3.63, 3.8) is 0 Å². The van der Waals surface area contributed by atoms with Crippen molar-refractivity contribution < 1.29 is 0 Å². The van der Waals surface area contributed by atoms with Crippen molar-refractivity contribution >= 4 is 0 Å². The quantitative estimate of drug-likeness (QED) is 0.792. The van der Waals surface area contributed by atoms with Crippen LogP contribution in [0.1, 0.15) is 29.7 Å². The average molecular weight is 206 g/mol. The zero-order chi connectivity index (χ0) is 11.4. The molecule has 0 radical (unpaired) electrons. The Morgan fingerprint density at radius 1 is 1.27 bits per heavy atom. The van der Waals surface area contributed by atoms with E-state index < -0.39 is 0 Å². The second-order valence-corrected chi connectivity index (χ2v) is 4.32. The number of aryl methyl sites for hydroxylation is 2. The van der Waals surface area contributed by atoms with Gasteiger partial charge in [-0.3, -0.25) is 0 Å². The lowest BCUT2D eigenvalue weighted by molar-refractivity contribution is 0.419. The SMILES string of the molecule is CNC(c1ccc(C)c(C)c1)C(C)CN. The third kappa shape index (κ3) is 2.80. The molecule has 0 aliphatic carbocycles. The zero-order valence-corrected chi connectivity index (χ0v) is 10.2. The summed E-state index contributed by atoms with van der Waals surface area (Å²) < 4.78 is 0. The van der Waals surface area contributed by atoms with Crippen molar-refractivity contribution in [2.24, 2.45) is 11.7 Å². The molecule has 1 rings (SSSR count). The predicted molar refractivity (Wildman–Crippen MR) is 65.9 cm³/mol. The molecule has 0 aliphatic rings. The Kier molecular flexibility index (Phi) is 4.30. The number of hydrogen-bond acceptors (Lipinski definition) is 2. The van der Waals surface area contributed by atoms with E-state index in [4.69, 9.17) is 5.73 Å². The molecule has 1 aromatic carbocycles. The summed E-state index contributed by atoms with van der Waals surface area (Å²) in [6, 6.07) is 6.98. The van der Waals surface area contributed by atoms with Gasteiger partial charge in [-0.15, -0.1) is 0 Å². The third-order valence-electron chi connectivity index (χ3n) is 3.14. The smallest absolute Gasteiger partial charge is 0.0355 e. The third-order valence-corrected chi connectivity index (χ3v) is 3.14. The maximum Gasteiger partial charge on any atom is 0.0355 e. The van der Waals surface area contributed by atoms with Gasteiger partial charge < -0.3 is 11.1 Å². The number of nitrogens with one attached hydrogen (secondary N) is 1. The first-order valence-electron chi connectivity index (χ1n) is 5.54. The maximum absolute atomic E-state index is 5.71. The largest absolute Gasteiger partial charge is 0.330 e. The van der Waals surface area contributed by atoms with Crippen LogP contribution in [-0.2, 0) is 0 Å². The topological polar surface area (TPSA) is 38.0 Å². The fourth-order valence-electron chi connectivity index (χ4n) is 1.87. The van der Waals surface area contributed by atoms with E-state index in [1.54, 1.807) is 0 Å². The summed E-state index contributed by atoms with van der Waals surface area (Å²) in [6.45, 7) is 7.17. The van der Waals surface area contributed by atoms with E-state index in [0.29, 0.717) is 18.5 Å². The van der Waals surface area contributed by atoms with Crippen LogP contribution in [0.3, 0.4) is 0 Å². The van der Waals surface area contributed by atoms with Gasteiger partial charge in [0, 0.05) is 6.04 Å². The van der Waals surface area contributed by atoms with Crippen molar-refractivity contribution in [1.29, 1.82) is 0 Å². The predicted octanol–water partition coefficient (Wildman–Crippen LogP) is 2.16. The molecule has 0 amide bonds. The average Bonchev–Trinajstić information content (AvgIpc) is 2.24. The summed E-state index contributed by atoms with van der Waals surface area (Å²) in [6.07, 6.45) is 0. The highest BCUT2D eigenvalue weighted by Gasteiger charge is 2.16. The van der Waals surface area contributed by atoms with Gasteiger partial charge in [0.25, 0.3) is 0 Å². The molecule has 3 N–H and O–H groups in total. The van der Waals surface area contributed by atoms with E-state index in [1.807, 2.05) is 7.05 Å². The lowest BCUT2D eigenvalue weighted by Crippen LogP contribution is -2.28. The fraction of sp³-hybridized carbons (Fsp3) is 0.538. The van der Waals surface area contributed by atoms with Gasteiger partial charge in [-0.2, -0.15) is 0 Å². The van der Waals surface area contributed by atoms with Gasteiger partial charge in [-0.05, 0) is 50.0 Å². The first-order valence-corrected chi connectivity index (χ1v) is 5.54. The van der Waals surface area contributed by atoms with Crippen LogP contribution in [0.15, 0.2) is 18.2 Å². The highest BCUT2D eigenvalue weighted by molar-refractivity contribution is 5.32. The van der Waals surface area contributed by atoms with E-state index >= 15 is 0 Å². The van der Waals surface area contributed by atoms with Crippen molar-refractivity contribution in [1.82, 2.24) is 5.32 Å². The Morgan fingerprint density at radius 2 is 1.93 bits per heavy atom. The molecular weight excluding hydrogens is 184 g/mol. The lowest BCUT2D eigenvalue weighted by Gasteiger charge is -2.23. The molecule has 2 atom stereocenters. The van der Waals surface area contributed by atoms with E-state index in [2.05, 4.69) is 44.3 Å². The standard InChI is InChI=1S/C13H22N2/c1-9-5-6-12(7-10(9)2)13(15-4)11(3)8-14/h5-7,11,13,15H,8,14H2,1-4H3. The van der Waals surface area contributed by atoms with Crippen LogP contribution in [0.25, 0.3) is 0 Å². The van der Waals surface area contributed by atoms with E-state index in [0.717, 1.165) is 0 Å². The van der Waals surface area contributed by atoms with Gasteiger partial charge in [0.15, 0.2) is 0 Å². The summed E-state index contributed by atoms with van der Waals surface area (Å²) in [5, 5.41) is 3.34. The highest BCUT2D eigenvalue weighted by atomic mass is 14.9. The molecule has 0 heterocycles. The summed E-state index contributed by atoms with van der Waals surface area (Å²) in [4.78, 5) is 0. The number of rotatable bonds is 4. The van der Waals surface area contributed by atoms with Gasteiger partial charge in [0.1, 0.15) is 0 Å². The molecule has 15 heavy (non-hydrogen) atoms. The summed E-state index contributed by atoms with van der Waals surface area (Å²) >= 11 is 0. The molecule has 0 fully saturated rings. The Bertz CT molecular complexity index is 320. The first-order chi connectivity index (χ1) is 7.10. The Hall–Kier alpha value is -0.860. The molecule has 2 unspecified atom stereocenters. The highest BCUT2D eigenvalue weighted by Crippen LogP contribution is 2.22. The minimum Gasteiger partial charge on any atom is -0.330 e. The van der Waals surface area contributed by atoms with E-state index in [9.17, 15) is 0 Å². The Balaban J connectivity index is 2.97. The molecule has 0 aromatic heterocycles. The summed E-state index contributed by atoms with van der Waals surface area (Å²) in [7, 11) is 1.99. The lowest BCUT2D eigenvalue weighted by atomic mass is 9.92. The second kappa shape index (κ2) is 5.29. The molecular formula is C13H22N2. The first kappa shape index (κ1) is 12.2. The second-order valence-electron chi connectivity index (χ2n) is 4.32. The fourth-order valence-corrected chi connectivity index (χ4v) is 1.87. The van der Waals surface area contributed by atoms with Gasteiger partial charge in [0.2, 0.25) is 0 Å². The molecule has 2 nitrogen and oxygen atoms in total. The Labute approximate surface area is 92.9 Å². The Morgan fingerprint density at radius 3 is 2.40 bits per heavy atom. The zero-order valence-electron chi connectivity index (χ0n) is 10.2. The van der Waals surface area contributed by atoms with Crippen LogP contribution >= 0.6 is 0 Å². The number of benzene rings is 1. The number of hydrogen-bond donors (Lipinski definition) is 2. The van der Waals surface area contributed by atoms with Gasteiger partial charge in [-0.1, -0.05) is 25.1 Å². The minimum atomic E-state index is 0.356. The molecule has 84 valence electrons. The molecule has 0 aliphatic heterocycles. The molecule has 1 aromatic rings. The summed E-state index contributed by atoms with van der Waals surface area (Å²) in [5.41, 5.74) is 9.73. The van der Waals surface area contributed by atoms with Crippen LogP contribution < -0.4 is 11.1 Å². The van der Waals surface area contributed by atoms with Crippen LogP contribution in [0.5, 0.6) is 0 Å². The molecule has 0 saturated carbocycles. The van der Waals surface area contributed by atoms with Crippen LogP contribution in [0.2, 0.25) is 0 Å². The van der Waals surface area contributed by atoms with Crippen LogP contribution in [0.4, 0.5) is 0 Å². The normalized spacial score (nSPS) is 15.0. The van der Waals surface area contributed by atoms with Crippen molar-refractivity contribution in [2.75, 3.05) is 13.6 Å². The van der Waals surface area contributed by atoms with Gasteiger partial charge >= 0.3 is 0 Å². The number of nitrogens with two attached hydrogens (primary N) is 1. The van der Waals surface area contributed by atoms with Crippen LogP contribution in [0, 0.1) is 19.8 Å². The van der Waals surface area contributed by atoms with Gasteiger partial charge in [-0.25, -0.2) is 0 Å². The monoisotopic (exact) mass is 206 g/mol. The van der Waals surface area contributed by atoms with Crippen molar-refractivity contribution in [3.8, 4) is 0 Å². The van der Waals surface area contributed by atoms with Crippen LogP contribution in [-0.4, -0.2) is 13.6 Å². The molecule has 0 spiro atoms. The van der Waals surface area contributed by atoms with E-state index in [1.165, 1.54) is 16.7 Å².